The van der Waals surface area contributed by atoms with E-state index in [-0.39, 0.29) is 30.1 Å². The van der Waals surface area contributed by atoms with Crippen molar-refractivity contribution in [2.24, 2.45) is 4.99 Å². The number of hydrogen-bond donors (Lipinski definition) is 2. The average molecular weight is 428 g/mol. The van der Waals surface area contributed by atoms with Crippen molar-refractivity contribution < 1.29 is 14.3 Å². The number of piperidine rings is 1. The van der Waals surface area contributed by atoms with Gasteiger partial charge in [0.25, 0.3) is 0 Å². The lowest BCUT2D eigenvalue weighted by atomic mass is 10.1. The van der Waals surface area contributed by atoms with Gasteiger partial charge in [-0.05, 0) is 26.2 Å². The third kappa shape index (κ3) is 8.02. The largest absolute Gasteiger partial charge is 0.450 e. The van der Waals surface area contributed by atoms with Gasteiger partial charge in [0.05, 0.1) is 6.61 Å². The van der Waals surface area contributed by atoms with Crippen molar-refractivity contribution in [1.29, 1.82) is 0 Å². The Kier molecular flexibility index (Phi) is 12.3. The number of aliphatic imine (C=N–C) groups is 1. The number of amides is 1. The Morgan fingerprint density at radius 1 is 1.36 bits per heavy atom. The first-order valence-electron chi connectivity index (χ1n) is 7.59. The molecule has 0 atom stereocenters. The molecule has 8 heteroatoms. The summed E-state index contributed by atoms with van der Waals surface area (Å²) < 4.78 is 10.0. The number of nitrogens with one attached hydrogen (secondary N) is 2. The fourth-order valence-corrected chi connectivity index (χ4v) is 2.23. The van der Waals surface area contributed by atoms with Crippen molar-refractivity contribution in [3.05, 3.63) is 0 Å². The summed E-state index contributed by atoms with van der Waals surface area (Å²) in [4.78, 5) is 17.6. The summed E-state index contributed by atoms with van der Waals surface area (Å²) in [5.41, 5.74) is 0. The molecule has 0 aliphatic carbocycles. The molecule has 1 aliphatic rings. The number of ether oxygens (including phenoxy) is 2. The monoisotopic (exact) mass is 428 g/mol. The number of nitrogens with zero attached hydrogens (tertiary/aromatic N) is 2. The number of rotatable bonds is 6. The van der Waals surface area contributed by atoms with Gasteiger partial charge in [0, 0.05) is 46.4 Å². The summed E-state index contributed by atoms with van der Waals surface area (Å²) in [6.07, 6.45) is 2.53. The molecule has 1 amide bonds. The van der Waals surface area contributed by atoms with E-state index in [1.165, 1.54) is 0 Å². The van der Waals surface area contributed by atoms with Crippen LogP contribution in [0.3, 0.4) is 0 Å². The highest BCUT2D eigenvalue weighted by Crippen LogP contribution is 2.11. The number of likely N-dealkylation sites (tertiary alicyclic amines) is 1. The lowest BCUT2D eigenvalue weighted by Crippen LogP contribution is -2.50. The molecule has 1 fully saturated rings. The molecule has 0 saturated carbocycles. The zero-order valence-corrected chi connectivity index (χ0v) is 16.1. The van der Waals surface area contributed by atoms with Crippen molar-refractivity contribution in [2.75, 3.05) is 47.0 Å². The highest BCUT2D eigenvalue weighted by molar-refractivity contribution is 14.0. The maximum atomic E-state index is 11.6. The molecule has 0 aromatic rings. The first kappa shape index (κ1) is 21.2. The Morgan fingerprint density at radius 3 is 2.59 bits per heavy atom. The van der Waals surface area contributed by atoms with E-state index in [4.69, 9.17) is 9.47 Å². The molecule has 2 N–H and O–H groups in total. The van der Waals surface area contributed by atoms with Gasteiger partial charge in [-0.3, -0.25) is 4.99 Å². The van der Waals surface area contributed by atoms with Gasteiger partial charge >= 0.3 is 6.09 Å². The van der Waals surface area contributed by atoms with Crippen molar-refractivity contribution >= 4 is 36.0 Å². The smallest absolute Gasteiger partial charge is 0.409 e. The second kappa shape index (κ2) is 12.7. The van der Waals surface area contributed by atoms with Crippen molar-refractivity contribution in [2.45, 2.75) is 32.2 Å². The van der Waals surface area contributed by atoms with E-state index in [2.05, 4.69) is 15.6 Å². The zero-order valence-electron chi connectivity index (χ0n) is 13.8. The molecule has 1 heterocycles. The molecular formula is C14H29IN4O3. The van der Waals surface area contributed by atoms with Crippen LogP contribution in [0.1, 0.15) is 26.2 Å². The summed E-state index contributed by atoms with van der Waals surface area (Å²) in [7, 11) is 3.46. The maximum Gasteiger partial charge on any atom is 0.409 e. The fraction of sp³-hybridized carbons (Fsp3) is 0.857. The molecule has 0 spiro atoms. The second-order valence-corrected chi connectivity index (χ2v) is 4.95. The molecule has 1 aliphatic heterocycles. The van der Waals surface area contributed by atoms with Gasteiger partial charge < -0.3 is 25.0 Å². The minimum atomic E-state index is -0.210. The summed E-state index contributed by atoms with van der Waals surface area (Å²) in [6, 6.07) is 0.337. The van der Waals surface area contributed by atoms with E-state index in [1.54, 1.807) is 19.1 Å². The first-order valence-corrected chi connectivity index (χ1v) is 7.59. The van der Waals surface area contributed by atoms with Crippen molar-refractivity contribution in [3.63, 3.8) is 0 Å². The van der Waals surface area contributed by atoms with Crippen LogP contribution in [0.4, 0.5) is 4.79 Å². The minimum absolute atomic E-state index is 0. The van der Waals surface area contributed by atoms with E-state index in [1.807, 2.05) is 6.92 Å². The quantitative estimate of drug-likeness (QED) is 0.290. The Morgan fingerprint density at radius 2 is 2.05 bits per heavy atom. The van der Waals surface area contributed by atoms with Gasteiger partial charge in [-0.1, -0.05) is 0 Å². The Bertz CT molecular complexity index is 334. The van der Waals surface area contributed by atoms with Crippen LogP contribution in [0.25, 0.3) is 0 Å². The zero-order chi connectivity index (χ0) is 15.5. The van der Waals surface area contributed by atoms with Crippen molar-refractivity contribution in [1.82, 2.24) is 15.5 Å². The van der Waals surface area contributed by atoms with E-state index >= 15 is 0 Å². The summed E-state index contributed by atoms with van der Waals surface area (Å²) in [6.45, 7) is 5.26. The first-order chi connectivity index (χ1) is 10.2. The van der Waals surface area contributed by atoms with Gasteiger partial charge in [-0.25, -0.2) is 4.79 Å². The topological polar surface area (TPSA) is 75.2 Å². The van der Waals surface area contributed by atoms with Gasteiger partial charge in [0.15, 0.2) is 5.96 Å². The summed E-state index contributed by atoms with van der Waals surface area (Å²) in [5, 5.41) is 6.65. The number of methoxy groups -OCH3 is 1. The number of halogens is 1. The van der Waals surface area contributed by atoms with Gasteiger partial charge in [0.2, 0.25) is 0 Å². The molecule has 0 radical (unpaired) electrons. The minimum Gasteiger partial charge on any atom is -0.450 e. The van der Waals surface area contributed by atoms with Crippen LogP contribution in [-0.2, 0) is 9.47 Å². The molecule has 1 saturated heterocycles. The Balaban J connectivity index is 0.00000441. The van der Waals surface area contributed by atoms with Gasteiger partial charge in [-0.2, -0.15) is 0 Å². The van der Waals surface area contributed by atoms with E-state index < -0.39 is 0 Å². The Labute approximate surface area is 150 Å². The third-order valence-electron chi connectivity index (χ3n) is 3.40. The molecule has 7 nitrogen and oxygen atoms in total. The van der Waals surface area contributed by atoms with Crippen LogP contribution < -0.4 is 10.6 Å². The van der Waals surface area contributed by atoms with Crippen LogP contribution in [0.15, 0.2) is 4.99 Å². The molecule has 0 bridgehead atoms. The molecule has 0 aromatic heterocycles. The highest BCUT2D eigenvalue weighted by Gasteiger charge is 2.23. The number of carbonyl (C=O) groups excluding carboxylic acids is 1. The molecule has 22 heavy (non-hydrogen) atoms. The molecule has 0 aromatic carbocycles. The van der Waals surface area contributed by atoms with Crippen molar-refractivity contribution in [3.8, 4) is 0 Å². The summed E-state index contributed by atoms with van der Waals surface area (Å²) in [5.74, 6) is 0.806. The van der Waals surface area contributed by atoms with E-state index in [9.17, 15) is 4.79 Å². The number of hydrogen-bond acceptors (Lipinski definition) is 4. The van der Waals surface area contributed by atoms with E-state index in [0.717, 1.165) is 51.5 Å². The van der Waals surface area contributed by atoms with Crippen LogP contribution in [-0.4, -0.2) is 70.0 Å². The standard InChI is InChI=1S/C14H28N4O3.HI/c1-4-21-14(19)18-9-6-12(7-10-18)17-13(15-2)16-8-5-11-20-3;/h12H,4-11H2,1-3H3,(H2,15,16,17);1H. The maximum absolute atomic E-state index is 11.6. The van der Waals surface area contributed by atoms with Crippen LogP contribution in [0, 0.1) is 0 Å². The SMILES string of the molecule is CCOC(=O)N1CCC(NC(=NC)NCCCOC)CC1.I. The van der Waals surface area contributed by atoms with Crippen LogP contribution in [0.5, 0.6) is 0 Å². The van der Waals surface area contributed by atoms with Gasteiger partial charge in [-0.15, -0.1) is 24.0 Å². The average Bonchev–Trinajstić information content (AvgIpc) is 2.51. The molecule has 130 valence electrons. The predicted molar refractivity (Wildman–Crippen MR) is 98.0 cm³/mol. The van der Waals surface area contributed by atoms with E-state index in [0.29, 0.717) is 12.6 Å². The Hall–Kier alpha value is -0.770. The molecule has 0 unspecified atom stereocenters. The fourth-order valence-electron chi connectivity index (χ4n) is 2.23. The van der Waals surface area contributed by atoms with Gasteiger partial charge in [0.1, 0.15) is 0 Å². The lowest BCUT2D eigenvalue weighted by Gasteiger charge is -2.32. The summed E-state index contributed by atoms with van der Waals surface area (Å²) >= 11 is 0. The second-order valence-electron chi connectivity index (χ2n) is 4.95. The lowest BCUT2D eigenvalue weighted by molar-refractivity contribution is 0.0963. The molecular weight excluding hydrogens is 399 g/mol. The number of guanidine groups is 1. The number of carbonyl (C=O) groups is 1. The normalized spacial score (nSPS) is 16.0. The predicted octanol–water partition coefficient (Wildman–Crippen LogP) is 1.43. The third-order valence-corrected chi connectivity index (χ3v) is 3.40. The van der Waals surface area contributed by atoms with Crippen LogP contribution in [0.2, 0.25) is 0 Å². The van der Waals surface area contributed by atoms with Crippen LogP contribution >= 0.6 is 24.0 Å². The molecule has 1 rings (SSSR count). The highest BCUT2D eigenvalue weighted by atomic mass is 127.